The Morgan fingerprint density at radius 1 is 1.27 bits per heavy atom. The first-order valence-corrected chi connectivity index (χ1v) is 4.24. The second kappa shape index (κ2) is 4.56. The average Bonchev–Trinajstić information content (AvgIpc) is 2.18. The summed E-state index contributed by atoms with van der Waals surface area (Å²) in [5, 5.41) is 17.5. The molecule has 1 aromatic carbocycles. The Morgan fingerprint density at radius 2 is 1.80 bits per heavy atom. The second-order valence-corrected chi connectivity index (χ2v) is 2.93. The number of hydrogen-bond donors (Lipinski definition) is 2. The summed E-state index contributed by atoms with van der Waals surface area (Å²) >= 11 is 0. The third kappa shape index (κ3) is 3.07. The summed E-state index contributed by atoms with van der Waals surface area (Å²) in [7, 11) is 0. The lowest BCUT2D eigenvalue weighted by Gasteiger charge is -2.05. The van der Waals surface area contributed by atoms with Crippen LogP contribution in [0.1, 0.15) is 17.3 Å². The highest BCUT2D eigenvalue weighted by Gasteiger charge is 2.11. The van der Waals surface area contributed by atoms with Crippen LogP contribution in [0.4, 0.5) is 0 Å². The zero-order valence-electron chi connectivity index (χ0n) is 8.01. The van der Waals surface area contributed by atoms with Crippen molar-refractivity contribution < 1.29 is 24.5 Å². The van der Waals surface area contributed by atoms with Gasteiger partial charge in [-0.1, -0.05) is 0 Å². The van der Waals surface area contributed by atoms with Gasteiger partial charge < -0.3 is 14.9 Å². The van der Waals surface area contributed by atoms with Crippen LogP contribution < -0.4 is 4.74 Å². The molecule has 1 rings (SSSR count). The molecule has 0 aliphatic heterocycles. The van der Waals surface area contributed by atoms with Gasteiger partial charge in [-0.05, 0) is 31.2 Å². The highest BCUT2D eigenvalue weighted by atomic mass is 16.5. The van der Waals surface area contributed by atoms with Crippen LogP contribution >= 0.6 is 0 Å². The molecule has 0 saturated carbocycles. The number of aliphatic hydroxyl groups is 1. The second-order valence-electron chi connectivity index (χ2n) is 2.93. The molecular weight excluding hydrogens is 200 g/mol. The molecule has 0 saturated heterocycles. The Morgan fingerprint density at radius 3 is 2.20 bits per heavy atom. The molecule has 1 atom stereocenters. The van der Waals surface area contributed by atoms with Crippen LogP contribution in [-0.4, -0.2) is 28.3 Å². The lowest BCUT2D eigenvalue weighted by atomic mass is 10.2. The lowest BCUT2D eigenvalue weighted by Crippen LogP contribution is -2.22. The van der Waals surface area contributed by atoms with Gasteiger partial charge in [0.05, 0.1) is 5.56 Å². The molecule has 1 aromatic rings. The Labute approximate surface area is 85.9 Å². The first kappa shape index (κ1) is 11.2. The van der Waals surface area contributed by atoms with Crippen molar-refractivity contribution in [3.05, 3.63) is 29.8 Å². The molecule has 0 aliphatic carbocycles. The van der Waals surface area contributed by atoms with Crippen molar-refractivity contribution in [3.8, 4) is 5.75 Å². The monoisotopic (exact) mass is 210 g/mol. The predicted molar refractivity (Wildman–Crippen MR) is 50.7 cm³/mol. The highest BCUT2D eigenvalue weighted by molar-refractivity contribution is 5.87. The summed E-state index contributed by atoms with van der Waals surface area (Å²) < 4.78 is 4.73. The lowest BCUT2D eigenvalue weighted by molar-refractivity contribution is -0.142. The van der Waals surface area contributed by atoms with Gasteiger partial charge in [0.25, 0.3) is 0 Å². The molecule has 0 bridgehead atoms. The van der Waals surface area contributed by atoms with E-state index in [2.05, 4.69) is 0 Å². The Hall–Kier alpha value is -1.88. The van der Waals surface area contributed by atoms with E-state index in [-0.39, 0.29) is 11.3 Å². The summed E-state index contributed by atoms with van der Waals surface area (Å²) in [6, 6.07) is 5.33. The van der Waals surface area contributed by atoms with E-state index in [1.807, 2.05) is 0 Å². The molecule has 5 heteroatoms. The topological polar surface area (TPSA) is 83.8 Å². The molecule has 0 amide bonds. The molecule has 80 valence electrons. The van der Waals surface area contributed by atoms with Crippen molar-refractivity contribution in [3.63, 3.8) is 0 Å². The Balaban J connectivity index is 2.73. The minimum atomic E-state index is -1.20. The van der Waals surface area contributed by atoms with Crippen molar-refractivity contribution >= 4 is 11.9 Å². The third-order valence-electron chi connectivity index (χ3n) is 1.66. The van der Waals surface area contributed by atoms with Crippen LogP contribution in [0.5, 0.6) is 5.75 Å². The zero-order chi connectivity index (χ0) is 11.4. The van der Waals surface area contributed by atoms with Crippen LogP contribution in [-0.2, 0) is 4.79 Å². The first-order valence-electron chi connectivity index (χ1n) is 4.24. The Kier molecular flexibility index (Phi) is 3.41. The molecule has 0 radical (unpaired) electrons. The first-order chi connectivity index (χ1) is 7.00. The fraction of sp³-hybridized carbons (Fsp3) is 0.200. The number of esters is 1. The van der Waals surface area contributed by atoms with Crippen LogP contribution in [0, 0.1) is 0 Å². The van der Waals surface area contributed by atoms with Gasteiger partial charge >= 0.3 is 11.9 Å². The highest BCUT2D eigenvalue weighted by Crippen LogP contribution is 2.12. The molecule has 15 heavy (non-hydrogen) atoms. The minimum Gasteiger partial charge on any atom is -0.478 e. The molecule has 5 nitrogen and oxygen atoms in total. The molecule has 0 heterocycles. The van der Waals surface area contributed by atoms with E-state index in [4.69, 9.17) is 14.9 Å². The fourth-order valence-electron chi connectivity index (χ4n) is 0.867. The molecule has 1 unspecified atom stereocenters. The number of carbonyl (C=O) groups excluding carboxylic acids is 1. The van der Waals surface area contributed by atoms with Crippen molar-refractivity contribution in [1.82, 2.24) is 0 Å². The van der Waals surface area contributed by atoms with E-state index in [0.29, 0.717) is 0 Å². The number of rotatable bonds is 3. The van der Waals surface area contributed by atoms with Crippen LogP contribution in [0.15, 0.2) is 24.3 Å². The van der Waals surface area contributed by atoms with Crippen molar-refractivity contribution in [2.75, 3.05) is 0 Å². The summed E-state index contributed by atoms with van der Waals surface area (Å²) in [6.07, 6.45) is -1.20. The average molecular weight is 210 g/mol. The summed E-state index contributed by atoms with van der Waals surface area (Å²) in [5.41, 5.74) is 0.104. The van der Waals surface area contributed by atoms with E-state index < -0.39 is 18.0 Å². The zero-order valence-corrected chi connectivity index (χ0v) is 8.01. The van der Waals surface area contributed by atoms with Crippen LogP contribution in [0.25, 0.3) is 0 Å². The van der Waals surface area contributed by atoms with Gasteiger partial charge in [0.15, 0.2) is 0 Å². The van der Waals surface area contributed by atoms with Crippen LogP contribution in [0.2, 0.25) is 0 Å². The number of carboxylic acid groups (broad SMARTS) is 1. The van der Waals surface area contributed by atoms with E-state index in [0.717, 1.165) is 0 Å². The van der Waals surface area contributed by atoms with E-state index in [1.54, 1.807) is 0 Å². The number of carboxylic acids is 1. The summed E-state index contributed by atoms with van der Waals surface area (Å²) in [4.78, 5) is 21.4. The standard InChI is InChI=1S/C10H10O5/c1-6(11)10(14)15-8-4-2-7(3-5-8)9(12)13/h2-6,11H,1H3,(H,12,13). The minimum absolute atomic E-state index is 0.104. The number of aliphatic hydroxyl groups excluding tert-OH is 1. The predicted octanol–water partition coefficient (Wildman–Crippen LogP) is 0.671. The summed E-state index contributed by atoms with van der Waals surface area (Å²) in [5.74, 6) is -1.63. The number of ether oxygens (including phenoxy) is 1. The van der Waals surface area contributed by atoms with Gasteiger partial charge in [-0.25, -0.2) is 9.59 Å². The van der Waals surface area contributed by atoms with Crippen molar-refractivity contribution in [2.45, 2.75) is 13.0 Å². The molecule has 2 N–H and O–H groups in total. The van der Waals surface area contributed by atoms with E-state index in [9.17, 15) is 9.59 Å². The van der Waals surface area contributed by atoms with Gasteiger partial charge in [-0.2, -0.15) is 0 Å². The van der Waals surface area contributed by atoms with Gasteiger partial charge in [0.2, 0.25) is 0 Å². The maximum atomic E-state index is 10.9. The van der Waals surface area contributed by atoms with E-state index in [1.165, 1.54) is 31.2 Å². The molecule has 0 aliphatic rings. The fourth-order valence-corrected chi connectivity index (χ4v) is 0.867. The molecule has 0 fully saturated rings. The number of benzene rings is 1. The molecule has 0 aromatic heterocycles. The van der Waals surface area contributed by atoms with Gasteiger partial charge in [0, 0.05) is 0 Å². The number of hydrogen-bond acceptors (Lipinski definition) is 4. The SMILES string of the molecule is CC(O)C(=O)Oc1ccc(C(=O)O)cc1. The van der Waals surface area contributed by atoms with Gasteiger partial charge in [0.1, 0.15) is 11.9 Å². The quantitative estimate of drug-likeness (QED) is 0.565. The smallest absolute Gasteiger partial charge is 0.340 e. The summed E-state index contributed by atoms with van der Waals surface area (Å²) in [6.45, 7) is 1.29. The van der Waals surface area contributed by atoms with Gasteiger partial charge in [-0.15, -0.1) is 0 Å². The van der Waals surface area contributed by atoms with Crippen molar-refractivity contribution in [1.29, 1.82) is 0 Å². The number of aromatic carboxylic acids is 1. The maximum Gasteiger partial charge on any atom is 0.340 e. The van der Waals surface area contributed by atoms with E-state index >= 15 is 0 Å². The van der Waals surface area contributed by atoms with Gasteiger partial charge in [-0.3, -0.25) is 0 Å². The molecular formula is C10H10O5. The van der Waals surface area contributed by atoms with Crippen LogP contribution in [0.3, 0.4) is 0 Å². The normalized spacial score (nSPS) is 11.9. The van der Waals surface area contributed by atoms with Crippen molar-refractivity contribution in [2.24, 2.45) is 0 Å². The Bertz CT molecular complexity index is 366. The number of carbonyl (C=O) groups is 2. The largest absolute Gasteiger partial charge is 0.478 e. The third-order valence-corrected chi connectivity index (χ3v) is 1.66. The maximum absolute atomic E-state index is 10.9. The molecule has 0 spiro atoms.